The highest BCUT2D eigenvalue weighted by molar-refractivity contribution is 7.26. The molecule has 0 radical (unpaired) electrons. The van der Waals surface area contributed by atoms with E-state index in [1.54, 1.807) is 34.0 Å². The van der Waals surface area contributed by atoms with Crippen LogP contribution in [0.3, 0.4) is 0 Å². The van der Waals surface area contributed by atoms with Gasteiger partial charge in [-0.1, -0.05) is 376 Å². The van der Waals surface area contributed by atoms with Gasteiger partial charge in [0.2, 0.25) is 0 Å². The van der Waals surface area contributed by atoms with Gasteiger partial charge in [0, 0.05) is 160 Å². The molecule has 0 fully saturated rings. The van der Waals surface area contributed by atoms with Gasteiger partial charge >= 0.3 is 0 Å². The number of thiophene rings is 3. The number of rotatable bonds is 15. The minimum absolute atomic E-state index is 0.644. The highest BCUT2D eigenvalue weighted by atomic mass is 32.1. The first kappa shape index (κ1) is 88.4. The van der Waals surface area contributed by atoms with E-state index in [0.717, 1.165) is 95.0 Å². The summed E-state index contributed by atoms with van der Waals surface area (Å²) < 4.78 is 14.6. The second-order valence-corrected chi connectivity index (χ2v) is 40.7. The lowest BCUT2D eigenvalue weighted by molar-refractivity contribution is 1.07. The highest BCUT2D eigenvalue weighted by Crippen LogP contribution is 2.46. The van der Waals surface area contributed by atoms with E-state index >= 15 is 0 Å². The molecule has 0 atom stereocenters. The fraction of sp³-hybridized carbons (Fsp3) is 0. The summed E-state index contributed by atoms with van der Waals surface area (Å²) in [6, 6.07) is 179. The summed E-state index contributed by atoms with van der Waals surface area (Å²) >= 11 is 5.40. The Balaban J connectivity index is 0.000000108. The first-order valence-corrected chi connectivity index (χ1v) is 52.5. The first-order chi connectivity index (χ1) is 74.3. The molecule has 0 aliphatic rings. The maximum atomic E-state index is 5.13. The van der Waals surface area contributed by atoms with Gasteiger partial charge in [0.05, 0.1) is 33.1 Å². The van der Waals surface area contributed by atoms with Crippen LogP contribution in [-0.2, 0) is 0 Å². The van der Waals surface area contributed by atoms with E-state index in [4.69, 9.17) is 44.9 Å². The maximum Gasteiger partial charge on any atom is 0.164 e. The second-order valence-electron chi connectivity index (χ2n) is 37.4. The summed E-state index contributed by atoms with van der Waals surface area (Å²) in [5.74, 6) is 5.88. The van der Waals surface area contributed by atoms with E-state index in [2.05, 4.69) is 469 Å². The summed E-state index contributed by atoms with van der Waals surface area (Å²) in [4.78, 5) is 45.5. The van der Waals surface area contributed by atoms with E-state index in [1.165, 1.54) is 131 Å². The Morgan fingerprint density at radius 2 is 0.367 bits per heavy atom. The number of aromatic nitrogens is 12. The van der Waals surface area contributed by atoms with Gasteiger partial charge in [-0.15, -0.1) is 34.0 Å². The lowest BCUT2D eigenvalue weighted by atomic mass is 9.97. The third-order valence-corrected chi connectivity index (χ3v) is 31.7. The number of nitrogens with zero attached hydrogens (tertiary/aromatic N) is 12. The number of benzene rings is 21. The Labute approximate surface area is 874 Å². The molecular formula is C135H84N12S3. The zero-order valence-corrected chi connectivity index (χ0v) is 83.0. The summed E-state index contributed by atoms with van der Waals surface area (Å²) in [6.07, 6.45) is 0. The van der Waals surface area contributed by atoms with E-state index in [1.807, 2.05) is 54.6 Å². The van der Waals surface area contributed by atoms with Crippen LogP contribution in [0.5, 0.6) is 0 Å². The molecule has 15 heteroatoms. The van der Waals surface area contributed by atoms with Crippen molar-refractivity contribution in [3.05, 3.63) is 510 Å². The predicted octanol–water partition coefficient (Wildman–Crippen LogP) is 36.0. The topological polar surface area (TPSA) is 131 Å². The van der Waals surface area contributed by atoms with Crippen molar-refractivity contribution in [2.45, 2.75) is 0 Å². The quantitative estimate of drug-likeness (QED) is 0.0984. The van der Waals surface area contributed by atoms with Gasteiger partial charge in [-0.25, -0.2) is 44.9 Å². The fourth-order valence-electron chi connectivity index (χ4n) is 21.3. The second kappa shape index (κ2) is 37.7. The average molecular weight is 1970 g/mol. The van der Waals surface area contributed by atoms with Crippen molar-refractivity contribution in [2.24, 2.45) is 0 Å². The van der Waals surface area contributed by atoms with Crippen molar-refractivity contribution in [3.63, 3.8) is 0 Å². The van der Waals surface area contributed by atoms with Crippen LogP contribution in [0.4, 0.5) is 0 Å². The highest BCUT2D eigenvalue weighted by Gasteiger charge is 2.25. The van der Waals surface area contributed by atoms with Crippen LogP contribution < -0.4 is 0 Å². The Bertz CT molecular complexity index is 10500. The van der Waals surface area contributed by atoms with Crippen LogP contribution in [0.1, 0.15) is 0 Å². The Morgan fingerprint density at radius 3 is 0.780 bits per heavy atom. The zero-order chi connectivity index (χ0) is 99.1. The van der Waals surface area contributed by atoms with Crippen molar-refractivity contribution in [2.75, 3.05) is 0 Å². The third kappa shape index (κ3) is 16.2. The molecule has 0 saturated heterocycles. The van der Waals surface area contributed by atoms with Crippen molar-refractivity contribution >= 4 is 160 Å². The maximum absolute atomic E-state index is 5.13. The Morgan fingerprint density at radius 1 is 0.127 bits per heavy atom. The molecule has 30 rings (SSSR count). The van der Waals surface area contributed by atoms with Crippen LogP contribution in [0.25, 0.3) is 279 Å². The lowest BCUT2D eigenvalue weighted by Crippen LogP contribution is -2.00. The molecule has 150 heavy (non-hydrogen) atoms. The lowest BCUT2D eigenvalue weighted by Gasteiger charge is -2.11. The summed E-state index contributed by atoms with van der Waals surface area (Å²) in [6.45, 7) is 0. The molecular weight excluding hydrogens is 1890 g/mol. The Hall–Kier alpha value is -19.3. The van der Waals surface area contributed by atoms with Gasteiger partial charge in [0.25, 0.3) is 0 Å². The molecule has 21 aromatic carbocycles. The summed E-state index contributed by atoms with van der Waals surface area (Å²) in [5.41, 5.74) is 25.9. The summed E-state index contributed by atoms with van der Waals surface area (Å²) in [5, 5.41) is 15.0. The number of hydrogen-bond acceptors (Lipinski definition) is 12. The standard InChI is InChI=1S/3C45H28N4S/c1-3-13-29(14-4-1)43-46-44(48-45(47-43)32-25-26-36-35-19-8-10-24-40(35)50-41(36)28-32)31-16-11-15-30(27-31)34-21-12-23-39-42(34)37-20-7-9-22-38(37)49(39)33-17-5-2-6-18-33;1-3-12-29(13-4-1)43-46-44(48-45(47-43)33-22-24-37-36-19-8-10-21-41(36)50-42(37)28-33)32-15-11-14-30(26-32)31-23-25-40-38(27-31)35-18-7-9-20-39(35)49(40)34-16-5-2-6-17-34;1-3-12-29(13-4-1)43-46-44(48-45(47-43)33-23-25-38-37-19-8-10-21-41(37)50-42(38)28-33)32-15-11-14-30(26-32)31-22-24-36-35-18-7-9-20-39(35)49(40(36)27-31)34-16-5-2-6-17-34/h3*1-28H. The largest absolute Gasteiger partial charge is 0.309 e. The summed E-state index contributed by atoms with van der Waals surface area (Å²) in [7, 11) is 0. The number of hydrogen-bond donors (Lipinski definition) is 0. The van der Waals surface area contributed by atoms with Gasteiger partial charge in [0.15, 0.2) is 52.4 Å². The van der Waals surface area contributed by atoms with Crippen molar-refractivity contribution in [1.29, 1.82) is 0 Å². The van der Waals surface area contributed by atoms with Gasteiger partial charge < -0.3 is 13.7 Å². The van der Waals surface area contributed by atoms with E-state index in [-0.39, 0.29) is 0 Å². The molecule has 12 nitrogen and oxygen atoms in total. The van der Waals surface area contributed by atoms with Crippen LogP contribution in [0.15, 0.2) is 510 Å². The normalized spacial score (nSPS) is 11.6. The monoisotopic (exact) mass is 1970 g/mol. The molecule has 0 spiro atoms. The molecule has 30 aromatic rings. The Kier molecular flexibility index (Phi) is 22.2. The van der Waals surface area contributed by atoms with E-state index in [9.17, 15) is 0 Å². The molecule has 0 unspecified atom stereocenters. The number of fused-ring (bicyclic) bond motifs is 18. The van der Waals surface area contributed by atoms with Crippen molar-refractivity contribution in [1.82, 2.24) is 58.6 Å². The minimum atomic E-state index is 0.644. The van der Waals surface area contributed by atoms with Crippen LogP contribution in [0, 0.1) is 0 Å². The molecule has 0 saturated carbocycles. The smallest absolute Gasteiger partial charge is 0.164 e. The molecule has 9 aromatic heterocycles. The number of para-hydroxylation sites is 6. The van der Waals surface area contributed by atoms with Crippen LogP contribution >= 0.6 is 34.0 Å². The van der Waals surface area contributed by atoms with Gasteiger partial charge in [-0.3, -0.25) is 0 Å². The zero-order valence-electron chi connectivity index (χ0n) is 80.6. The molecule has 0 bridgehead atoms. The molecule has 0 N–H and O–H groups in total. The third-order valence-electron chi connectivity index (χ3n) is 28.3. The van der Waals surface area contributed by atoms with Gasteiger partial charge in [-0.2, -0.15) is 0 Å². The first-order valence-electron chi connectivity index (χ1n) is 50.1. The minimum Gasteiger partial charge on any atom is -0.309 e. The average Bonchev–Trinajstić information content (AvgIpc) is 1.57. The molecule has 0 aliphatic heterocycles. The SMILES string of the molecule is c1ccc(-c2nc(-c3cccc(-c4ccc5c(c4)c4ccccc4n5-c4ccccc4)c3)nc(-c3ccc4c(c3)sc3ccccc34)n2)cc1.c1ccc(-c2nc(-c3cccc(-c4ccc5c6ccccc6n(-c6ccccc6)c5c4)c3)nc(-c3ccc4c(c3)sc3ccccc34)n2)cc1.c1ccc(-c2nc(-c3cccc(-c4cccc5c4c4ccccc4n5-c4ccccc4)c3)nc(-c3ccc4c(c3)sc3ccccc34)n2)cc1. The van der Waals surface area contributed by atoms with Crippen molar-refractivity contribution in [3.8, 4) is 153 Å². The fourth-order valence-corrected chi connectivity index (χ4v) is 24.7. The van der Waals surface area contributed by atoms with E-state index in [0.29, 0.717) is 52.4 Å². The predicted molar refractivity (Wildman–Crippen MR) is 626 cm³/mol. The molecule has 702 valence electrons. The van der Waals surface area contributed by atoms with Crippen LogP contribution in [-0.4, -0.2) is 58.6 Å². The molecule has 9 heterocycles. The van der Waals surface area contributed by atoms with Gasteiger partial charge in [0.1, 0.15) is 0 Å². The van der Waals surface area contributed by atoms with Crippen molar-refractivity contribution < 1.29 is 0 Å². The molecule has 0 amide bonds. The van der Waals surface area contributed by atoms with Crippen LogP contribution in [0.2, 0.25) is 0 Å². The molecule has 0 aliphatic carbocycles. The van der Waals surface area contributed by atoms with E-state index < -0.39 is 0 Å². The van der Waals surface area contributed by atoms with Gasteiger partial charge in [-0.05, 0) is 167 Å².